The number of halogens is 2. The van der Waals surface area contributed by atoms with Gasteiger partial charge in [0, 0.05) is 5.02 Å². The molecule has 0 spiro atoms. The number of benzene rings is 2. The number of para-hydroxylation sites is 2. The van der Waals surface area contributed by atoms with Gasteiger partial charge in [0.15, 0.2) is 24.7 Å². The molecule has 0 bridgehead atoms. The van der Waals surface area contributed by atoms with Crippen molar-refractivity contribution in [3.05, 3.63) is 53.3 Å². The Bertz CT molecular complexity index is 768. The van der Waals surface area contributed by atoms with Gasteiger partial charge in [-0.2, -0.15) is 0 Å². The fourth-order valence-electron chi connectivity index (χ4n) is 1.84. The van der Waals surface area contributed by atoms with Crippen molar-refractivity contribution < 1.29 is 28.2 Å². The van der Waals surface area contributed by atoms with E-state index in [0.29, 0.717) is 11.5 Å². The van der Waals surface area contributed by atoms with Gasteiger partial charge in [-0.1, -0.05) is 23.7 Å². The monoisotopic (exact) mass is 367 g/mol. The van der Waals surface area contributed by atoms with Crippen LogP contribution in [0.15, 0.2) is 42.5 Å². The number of amides is 1. The number of ether oxygens (including phenoxy) is 3. The van der Waals surface area contributed by atoms with Crippen LogP contribution in [0.4, 0.5) is 10.1 Å². The second-order valence-electron chi connectivity index (χ2n) is 4.77. The van der Waals surface area contributed by atoms with E-state index in [1.54, 1.807) is 24.3 Å². The van der Waals surface area contributed by atoms with Crippen molar-refractivity contribution in [2.75, 3.05) is 25.6 Å². The van der Waals surface area contributed by atoms with E-state index in [0.717, 1.165) is 6.07 Å². The standard InChI is InChI=1S/C17H15ClFNO5/c1-23-14-4-2-3-5-15(14)24-10-17(22)25-9-16(21)20-13-8-11(18)6-7-12(13)19/h2-8H,9-10H2,1H3,(H,20,21). The third-order valence-corrected chi connectivity index (χ3v) is 3.22. The van der Waals surface area contributed by atoms with Crippen molar-refractivity contribution in [2.45, 2.75) is 0 Å². The maximum Gasteiger partial charge on any atom is 0.344 e. The highest BCUT2D eigenvalue weighted by molar-refractivity contribution is 6.30. The molecular weight excluding hydrogens is 353 g/mol. The molecule has 0 saturated carbocycles. The van der Waals surface area contributed by atoms with Crippen molar-refractivity contribution in [1.82, 2.24) is 0 Å². The minimum Gasteiger partial charge on any atom is -0.493 e. The molecule has 0 saturated heterocycles. The summed E-state index contributed by atoms with van der Waals surface area (Å²) in [5.41, 5.74) is -0.0983. The number of esters is 1. The van der Waals surface area contributed by atoms with Crippen LogP contribution >= 0.6 is 11.6 Å². The van der Waals surface area contributed by atoms with Gasteiger partial charge in [-0.25, -0.2) is 9.18 Å². The van der Waals surface area contributed by atoms with E-state index in [1.807, 2.05) is 0 Å². The topological polar surface area (TPSA) is 73.9 Å². The first-order chi connectivity index (χ1) is 12.0. The average molecular weight is 368 g/mol. The molecule has 0 aliphatic carbocycles. The molecule has 25 heavy (non-hydrogen) atoms. The SMILES string of the molecule is COc1ccccc1OCC(=O)OCC(=O)Nc1cc(Cl)ccc1F. The van der Waals surface area contributed by atoms with Crippen molar-refractivity contribution >= 4 is 29.2 Å². The predicted molar refractivity (Wildman–Crippen MR) is 89.5 cm³/mol. The van der Waals surface area contributed by atoms with Crippen LogP contribution in [0.5, 0.6) is 11.5 Å². The Morgan fingerprint density at radius 3 is 2.56 bits per heavy atom. The number of hydrogen-bond donors (Lipinski definition) is 1. The molecule has 0 aliphatic heterocycles. The zero-order chi connectivity index (χ0) is 18.2. The number of anilines is 1. The summed E-state index contributed by atoms with van der Waals surface area (Å²) >= 11 is 5.72. The Hall–Kier alpha value is -2.80. The Labute approximate surface area is 148 Å². The second-order valence-corrected chi connectivity index (χ2v) is 5.21. The summed E-state index contributed by atoms with van der Waals surface area (Å²) in [7, 11) is 1.47. The number of carbonyl (C=O) groups is 2. The summed E-state index contributed by atoms with van der Waals surface area (Å²) < 4.78 is 28.6. The van der Waals surface area contributed by atoms with Crippen LogP contribution in [0.1, 0.15) is 0 Å². The second kappa shape index (κ2) is 8.89. The predicted octanol–water partition coefficient (Wildman–Crippen LogP) is 3.05. The van der Waals surface area contributed by atoms with Gasteiger partial charge in [-0.15, -0.1) is 0 Å². The van der Waals surface area contributed by atoms with Crippen LogP contribution in [0.2, 0.25) is 5.02 Å². The van der Waals surface area contributed by atoms with Crippen molar-refractivity contribution in [1.29, 1.82) is 0 Å². The van der Waals surface area contributed by atoms with E-state index in [9.17, 15) is 14.0 Å². The highest BCUT2D eigenvalue weighted by Gasteiger charge is 2.12. The molecule has 0 aliphatic rings. The quantitative estimate of drug-likeness (QED) is 0.761. The Morgan fingerprint density at radius 1 is 1.12 bits per heavy atom. The number of rotatable bonds is 7. The zero-order valence-corrected chi connectivity index (χ0v) is 14.0. The number of nitrogens with one attached hydrogen (secondary N) is 1. The van der Waals surface area contributed by atoms with Gasteiger partial charge in [-0.3, -0.25) is 4.79 Å². The first-order valence-corrected chi connectivity index (χ1v) is 7.53. The van der Waals surface area contributed by atoms with Gasteiger partial charge < -0.3 is 19.5 Å². The van der Waals surface area contributed by atoms with E-state index < -0.39 is 30.9 Å². The van der Waals surface area contributed by atoms with E-state index >= 15 is 0 Å². The van der Waals surface area contributed by atoms with Crippen LogP contribution in [0.25, 0.3) is 0 Å². The average Bonchev–Trinajstić information content (AvgIpc) is 2.61. The molecule has 132 valence electrons. The molecule has 0 fully saturated rings. The Kier molecular flexibility index (Phi) is 6.59. The molecule has 1 N–H and O–H groups in total. The third-order valence-electron chi connectivity index (χ3n) is 2.98. The van der Waals surface area contributed by atoms with Crippen LogP contribution in [-0.2, 0) is 14.3 Å². The van der Waals surface area contributed by atoms with Crippen LogP contribution in [0, 0.1) is 5.82 Å². The molecule has 2 aromatic carbocycles. The summed E-state index contributed by atoms with van der Waals surface area (Å²) in [5.74, 6) is -1.28. The van der Waals surface area contributed by atoms with Gasteiger partial charge in [0.2, 0.25) is 0 Å². The minimum absolute atomic E-state index is 0.0983. The normalized spacial score (nSPS) is 10.0. The van der Waals surface area contributed by atoms with Crippen molar-refractivity contribution in [2.24, 2.45) is 0 Å². The van der Waals surface area contributed by atoms with E-state index in [1.165, 1.54) is 19.2 Å². The smallest absolute Gasteiger partial charge is 0.344 e. The maximum atomic E-state index is 13.5. The lowest BCUT2D eigenvalue weighted by Gasteiger charge is -2.10. The molecule has 8 heteroatoms. The molecule has 0 heterocycles. The maximum absolute atomic E-state index is 13.5. The van der Waals surface area contributed by atoms with Crippen LogP contribution < -0.4 is 14.8 Å². The summed E-state index contributed by atoms with van der Waals surface area (Å²) in [5, 5.41) is 2.52. The Morgan fingerprint density at radius 2 is 1.84 bits per heavy atom. The lowest BCUT2D eigenvalue weighted by atomic mass is 10.3. The highest BCUT2D eigenvalue weighted by Crippen LogP contribution is 2.25. The molecule has 0 atom stereocenters. The first kappa shape index (κ1) is 18.5. The molecule has 2 aromatic rings. The van der Waals surface area contributed by atoms with Crippen molar-refractivity contribution in [3.8, 4) is 11.5 Å². The summed E-state index contributed by atoms with van der Waals surface area (Å²) in [6.07, 6.45) is 0. The summed E-state index contributed by atoms with van der Waals surface area (Å²) in [6.45, 7) is -0.987. The molecular formula is C17H15ClFNO5. The third kappa shape index (κ3) is 5.65. The molecule has 0 unspecified atom stereocenters. The summed E-state index contributed by atoms with van der Waals surface area (Å²) in [4.78, 5) is 23.3. The van der Waals surface area contributed by atoms with Gasteiger partial charge in [-0.05, 0) is 30.3 Å². The first-order valence-electron chi connectivity index (χ1n) is 7.16. The van der Waals surface area contributed by atoms with E-state index in [2.05, 4.69) is 5.32 Å². The minimum atomic E-state index is -0.757. The lowest BCUT2D eigenvalue weighted by Crippen LogP contribution is -2.24. The van der Waals surface area contributed by atoms with Crippen LogP contribution in [-0.4, -0.2) is 32.2 Å². The molecule has 0 aromatic heterocycles. The van der Waals surface area contributed by atoms with Gasteiger partial charge in [0.25, 0.3) is 5.91 Å². The molecule has 6 nitrogen and oxygen atoms in total. The molecule has 0 radical (unpaired) electrons. The number of methoxy groups -OCH3 is 1. The van der Waals surface area contributed by atoms with E-state index in [-0.39, 0.29) is 10.7 Å². The van der Waals surface area contributed by atoms with Gasteiger partial charge >= 0.3 is 5.97 Å². The van der Waals surface area contributed by atoms with Crippen molar-refractivity contribution in [3.63, 3.8) is 0 Å². The highest BCUT2D eigenvalue weighted by atomic mass is 35.5. The largest absolute Gasteiger partial charge is 0.493 e. The fourth-order valence-corrected chi connectivity index (χ4v) is 2.01. The van der Waals surface area contributed by atoms with E-state index in [4.69, 9.17) is 25.8 Å². The number of hydrogen-bond acceptors (Lipinski definition) is 5. The number of carbonyl (C=O) groups excluding carboxylic acids is 2. The Balaban J connectivity index is 1.79. The van der Waals surface area contributed by atoms with Crippen LogP contribution in [0.3, 0.4) is 0 Å². The fraction of sp³-hybridized carbons (Fsp3) is 0.176. The molecule has 1 amide bonds. The lowest BCUT2D eigenvalue weighted by molar-refractivity contribution is -0.149. The van der Waals surface area contributed by atoms with Gasteiger partial charge in [0.05, 0.1) is 12.8 Å². The molecule has 2 rings (SSSR count). The zero-order valence-electron chi connectivity index (χ0n) is 13.3. The summed E-state index contributed by atoms with van der Waals surface area (Å²) in [6, 6.07) is 10.5. The van der Waals surface area contributed by atoms with Gasteiger partial charge in [0.1, 0.15) is 5.82 Å².